The van der Waals surface area contributed by atoms with Crippen LogP contribution >= 0.6 is 0 Å². The summed E-state index contributed by atoms with van der Waals surface area (Å²) in [5.41, 5.74) is 0.912. The van der Waals surface area contributed by atoms with E-state index in [2.05, 4.69) is 20.1 Å². The lowest BCUT2D eigenvalue weighted by Gasteiger charge is -2.17. The fraction of sp³-hybridized carbons (Fsp3) is 0.0667. The minimum Gasteiger partial charge on any atom is -0.307 e. The van der Waals surface area contributed by atoms with E-state index in [0.717, 1.165) is 0 Å². The van der Waals surface area contributed by atoms with E-state index in [0.29, 0.717) is 22.9 Å². The first kappa shape index (κ1) is 16.3. The summed E-state index contributed by atoms with van der Waals surface area (Å²) in [6.45, 7) is 0. The van der Waals surface area contributed by atoms with Gasteiger partial charge in [-0.1, -0.05) is 0 Å². The van der Waals surface area contributed by atoms with Crippen LogP contribution in [-0.2, 0) is 9.73 Å². The smallest absolute Gasteiger partial charge is 0.282 e. The molecule has 1 aliphatic rings. The molecule has 8 nitrogen and oxygen atoms in total. The molecule has 0 unspecified atom stereocenters. The summed E-state index contributed by atoms with van der Waals surface area (Å²) in [5, 5.41) is 6.44. The van der Waals surface area contributed by atoms with E-state index >= 15 is 0 Å². The molecule has 3 aromatic rings. The molecule has 1 aliphatic heterocycles. The second kappa shape index (κ2) is 5.95. The fourth-order valence-corrected chi connectivity index (χ4v) is 3.08. The first-order valence-corrected chi connectivity index (χ1v) is 9.00. The van der Waals surface area contributed by atoms with Crippen molar-refractivity contribution >= 4 is 21.2 Å². The molecule has 0 saturated heterocycles. The Bertz CT molecular complexity index is 1130. The Kier molecular flexibility index (Phi) is 3.72. The topological polar surface area (TPSA) is 100 Å². The number of rotatable bonds is 3. The molecule has 0 atom stereocenters. The molecule has 0 aromatic carbocycles. The minimum atomic E-state index is -2.86. The third-order valence-corrected chi connectivity index (χ3v) is 4.69. The predicted octanol–water partition coefficient (Wildman–Crippen LogP) is 2.93. The highest BCUT2D eigenvalue weighted by Gasteiger charge is 2.15. The number of nitrogens with zero attached hydrogens (tertiary/aromatic N) is 6. The van der Waals surface area contributed by atoms with Gasteiger partial charge in [-0.2, -0.15) is 5.10 Å². The molecule has 0 aliphatic carbocycles. The molecule has 0 radical (unpaired) electrons. The highest BCUT2D eigenvalue weighted by molar-refractivity contribution is 7.98. The molecule has 1 N–H and O–H groups in total. The SMILES string of the molecule is N=S1(=O)C=CN(c2cc(-c3cnc4ccc(C(F)F)nn34)ncn2)C=C1. The van der Waals surface area contributed by atoms with Gasteiger partial charge in [-0.25, -0.2) is 37.2 Å². The number of hydrogen-bond donors (Lipinski definition) is 1. The number of aromatic nitrogens is 5. The van der Waals surface area contributed by atoms with Gasteiger partial charge in [0, 0.05) is 29.3 Å². The average molecular weight is 375 g/mol. The van der Waals surface area contributed by atoms with Crippen LogP contribution in [-0.4, -0.2) is 28.8 Å². The lowest BCUT2D eigenvalue weighted by atomic mass is 10.3. The Balaban J connectivity index is 1.77. The molecule has 11 heteroatoms. The number of alkyl halides is 2. The minimum absolute atomic E-state index is 0.363. The standard InChI is InChI=1S/C15H11F2N7OS/c16-15(17)10-1-2-13-19-8-12(24(13)22-10)11-7-14(21-9-20-11)23-3-5-26(18,25)6-4-23/h1-9,15,18H. The molecule has 26 heavy (non-hydrogen) atoms. The summed E-state index contributed by atoms with van der Waals surface area (Å²) < 4.78 is 46.3. The zero-order chi connectivity index (χ0) is 18.3. The summed E-state index contributed by atoms with van der Waals surface area (Å²) in [4.78, 5) is 14.0. The first-order valence-electron chi connectivity index (χ1n) is 7.32. The molecule has 4 heterocycles. The first-order chi connectivity index (χ1) is 12.4. The molecule has 132 valence electrons. The maximum atomic E-state index is 12.9. The van der Waals surface area contributed by atoms with Crippen molar-refractivity contribution in [3.05, 3.63) is 59.6 Å². The summed E-state index contributed by atoms with van der Waals surface area (Å²) >= 11 is 0. The van der Waals surface area contributed by atoms with Gasteiger partial charge in [0.15, 0.2) is 5.65 Å². The van der Waals surface area contributed by atoms with E-state index in [-0.39, 0.29) is 5.69 Å². The third kappa shape index (κ3) is 2.92. The van der Waals surface area contributed by atoms with E-state index in [4.69, 9.17) is 4.78 Å². The quantitative estimate of drug-likeness (QED) is 0.755. The van der Waals surface area contributed by atoms with Gasteiger partial charge in [0.1, 0.15) is 23.5 Å². The van der Waals surface area contributed by atoms with Crippen molar-refractivity contribution in [2.75, 3.05) is 4.90 Å². The maximum Gasteiger partial charge on any atom is 0.282 e. The average Bonchev–Trinajstić information content (AvgIpc) is 3.05. The van der Waals surface area contributed by atoms with Crippen LogP contribution in [0.5, 0.6) is 0 Å². The zero-order valence-electron chi connectivity index (χ0n) is 13.0. The van der Waals surface area contributed by atoms with Gasteiger partial charge in [-0.3, -0.25) is 0 Å². The van der Waals surface area contributed by atoms with Gasteiger partial charge in [0.25, 0.3) is 6.43 Å². The van der Waals surface area contributed by atoms with Gasteiger partial charge in [-0.05, 0) is 12.1 Å². The van der Waals surface area contributed by atoms with Crippen LogP contribution < -0.4 is 4.90 Å². The normalized spacial score (nSPS) is 15.9. The summed E-state index contributed by atoms with van der Waals surface area (Å²) in [6, 6.07) is 4.30. The molecular formula is C15H11F2N7OS. The molecule has 0 bridgehead atoms. The lowest BCUT2D eigenvalue weighted by Crippen LogP contribution is -2.13. The van der Waals surface area contributed by atoms with Crippen molar-refractivity contribution in [1.29, 1.82) is 4.78 Å². The van der Waals surface area contributed by atoms with Crippen molar-refractivity contribution in [3.8, 4) is 11.4 Å². The molecule has 0 spiro atoms. The van der Waals surface area contributed by atoms with Gasteiger partial charge in [-0.15, -0.1) is 0 Å². The molecule has 3 aromatic heterocycles. The van der Waals surface area contributed by atoms with Gasteiger partial charge in [0.05, 0.1) is 21.6 Å². The highest BCUT2D eigenvalue weighted by Crippen LogP contribution is 2.24. The van der Waals surface area contributed by atoms with Gasteiger partial charge >= 0.3 is 0 Å². The Morgan fingerprint density at radius 3 is 2.62 bits per heavy atom. The lowest BCUT2D eigenvalue weighted by molar-refractivity contribution is 0.144. The monoisotopic (exact) mass is 375 g/mol. The van der Waals surface area contributed by atoms with Crippen molar-refractivity contribution < 1.29 is 13.0 Å². The summed E-state index contributed by atoms with van der Waals surface area (Å²) in [6.07, 6.45) is 3.06. The maximum absolute atomic E-state index is 12.9. The van der Waals surface area contributed by atoms with Crippen molar-refractivity contribution in [2.24, 2.45) is 0 Å². The second-order valence-corrected chi connectivity index (χ2v) is 7.20. The van der Waals surface area contributed by atoms with E-state index in [1.54, 1.807) is 11.0 Å². The number of halogens is 2. The molecule has 4 rings (SSSR count). The molecular weight excluding hydrogens is 364 g/mol. The molecule has 0 amide bonds. The third-order valence-electron chi connectivity index (χ3n) is 3.63. The largest absolute Gasteiger partial charge is 0.307 e. The Morgan fingerprint density at radius 1 is 1.12 bits per heavy atom. The summed E-state index contributed by atoms with van der Waals surface area (Å²) in [5.74, 6) is 0.456. The van der Waals surface area contributed by atoms with E-state index in [1.807, 2.05) is 0 Å². The van der Waals surface area contributed by atoms with Gasteiger partial charge < -0.3 is 4.90 Å². The fourth-order valence-electron chi connectivity index (χ4n) is 2.37. The van der Waals surface area contributed by atoms with Crippen molar-refractivity contribution in [3.63, 3.8) is 0 Å². The van der Waals surface area contributed by atoms with Crippen LogP contribution in [0.3, 0.4) is 0 Å². The van der Waals surface area contributed by atoms with E-state index in [9.17, 15) is 13.0 Å². The van der Waals surface area contributed by atoms with Crippen LogP contribution in [0.2, 0.25) is 0 Å². The van der Waals surface area contributed by atoms with Crippen molar-refractivity contribution in [2.45, 2.75) is 6.43 Å². The van der Waals surface area contributed by atoms with Crippen molar-refractivity contribution in [1.82, 2.24) is 24.6 Å². The Hall–Kier alpha value is -3.21. The number of nitrogens with one attached hydrogen (secondary N) is 1. The van der Waals surface area contributed by atoms with Crippen LogP contribution in [0.15, 0.2) is 53.9 Å². The highest BCUT2D eigenvalue weighted by atomic mass is 32.2. The van der Waals surface area contributed by atoms with Gasteiger partial charge in [0.2, 0.25) is 0 Å². The number of hydrogen-bond acceptors (Lipinski definition) is 7. The van der Waals surface area contributed by atoms with E-state index in [1.165, 1.54) is 52.4 Å². The van der Waals surface area contributed by atoms with E-state index < -0.39 is 16.2 Å². The Labute approximate surface area is 146 Å². The van der Waals surface area contributed by atoms with Crippen LogP contribution in [0.25, 0.3) is 17.0 Å². The number of imidazole rings is 1. The molecule has 0 saturated carbocycles. The Morgan fingerprint density at radius 2 is 1.88 bits per heavy atom. The predicted molar refractivity (Wildman–Crippen MR) is 90.6 cm³/mol. The zero-order valence-corrected chi connectivity index (χ0v) is 13.8. The van der Waals surface area contributed by atoms with Crippen LogP contribution in [0, 0.1) is 4.78 Å². The van der Waals surface area contributed by atoms with Crippen LogP contribution in [0.1, 0.15) is 12.1 Å². The van der Waals surface area contributed by atoms with Crippen LogP contribution in [0.4, 0.5) is 14.6 Å². The summed E-state index contributed by atoms with van der Waals surface area (Å²) in [7, 11) is -2.86. The molecule has 0 fully saturated rings. The number of anilines is 1. The second-order valence-electron chi connectivity index (χ2n) is 5.36. The number of fused-ring (bicyclic) bond motifs is 1.